The number of hydrogen-bond donors (Lipinski definition) is 0. The number of benzene rings is 4. The number of aromatic nitrogens is 2. The maximum absolute atomic E-state index is 16.2. The van der Waals surface area contributed by atoms with E-state index in [1.54, 1.807) is 22.8 Å². The third kappa shape index (κ3) is 4.80. The molecule has 1 atom stereocenters. The Bertz CT molecular complexity index is 2640. The zero-order valence-corrected chi connectivity index (χ0v) is 27.4. The van der Waals surface area contributed by atoms with E-state index in [1.165, 1.54) is 0 Å². The summed E-state index contributed by atoms with van der Waals surface area (Å²) in [4.78, 5) is 0. The van der Waals surface area contributed by atoms with E-state index >= 15 is 4.39 Å². The topological polar surface area (TPSA) is 81.2 Å². The van der Waals surface area contributed by atoms with Crippen LogP contribution in [0.3, 0.4) is 0 Å². The molecule has 0 amide bonds. The Morgan fingerprint density at radius 1 is 0.800 bits per heavy atom. The molecule has 2 aromatic heterocycles. The number of nitriles is 3. The molecule has 50 heavy (non-hydrogen) atoms. The Balaban J connectivity index is 1.23. The van der Waals surface area contributed by atoms with Gasteiger partial charge in [0.15, 0.2) is 0 Å². The van der Waals surface area contributed by atoms with Crippen molar-refractivity contribution in [1.82, 2.24) is 9.13 Å². The van der Waals surface area contributed by atoms with Gasteiger partial charge < -0.3 is 4.57 Å². The van der Waals surface area contributed by atoms with E-state index in [1.807, 2.05) is 84.3 Å². The van der Waals surface area contributed by atoms with Crippen molar-refractivity contribution in [2.24, 2.45) is 0 Å². The fraction of sp³-hybridized carbons (Fsp3) is 0.114. The smallest absolute Gasteiger partial charge is 0.206 e. The molecule has 238 valence electrons. The zero-order valence-electron chi connectivity index (χ0n) is 27.4. The molecule has 0 saturated carbocycles. The summed E-state index contributed by atoms with van der Waals surface area (Å²) in [5, 5.41) is 31.6. The number of hydrogen-bond acceptors (Lipinski definition) is 3. The van der Waals surface area contributed by atoms with Crippen LogP contribution in [0, 0.1) is 39.9 Å². The maximum Gasteiger partial charge on any atom is 0.206 e. The second-order valence-corrected chi connectivity index (χ2v) is 12.6. The van der Waals surface area contributed by atoms with Gasteiger partial charge in [-0.25, -0.2) is 0 Å². The molecule has 2 aliphatic carbocycles. The molecule has 0 radical (unpaired) electrons. The van der Waals surface area contributed by atoms with E-state index in [9.17, 15) is 15.8 Å². The number of para-hydroxylation sites is 1. The molecule has 0 saturated heterocycles. The largest absolute Gasteiger partial charge is 0.308 e. The fourth-order valence-corrected chi connectivity index (χ4v) is 7.64. The number of halogens is 1. The molecule has 0 fully saturated rings. The van der Waals surface area contributed by atoms with E-state index < -0.39 is 0 Å². The van der Waals surface area contributed by atoms with Crippen LogP contribution in [0.25, 0.3) is 50.9 Å². The number of allylic oxidation sites excluding steroid dienone is 6. The van der Waals surface area contributed by atoms with E-state index in [4.69, 9.17) is 0 Å². The Kier molecular flexibility index (Phi) is 7.60. The van der Waals surface area contributed by atoms with Crippen LogP contribution in [0.5, 0.6) is 0 Å². The monoisotopic (exact) mass is 647 g/mol. The summed E-state index contributed by atoms with van der Waals surface area (Å²) in [7, 11) is 0. The molecule has 0 bridgehead atoms. The van der Waals surface area contributed by atoms with E-state index in [-0.39, 0.29) is 11.9 Å². The van der Waals surface area contributed by atoms with Crippen LogP contribution in [0.4, 0.5) is 4.39 Å². The number of nitrogens with zero attached hydrogens (tertiary/aromatic N) is 5. The van der Waals surface area contributed by atoms with Gasteiger partial charge in [-0.3, -0.25) is 4.57 Å². The number of rotatable bonds is 5. The minimum absolute atomic E-state index is 0.0114. The van der Waals surface area contributed by atoms with Crippen LogP contribution in [-0.4, -0.2) is 9.13 Å². The first kappa shape index (κ1) is 30.6. The summed E-state index contributed by atoms with van der Waals surface area (Å²) in [6.07, 6.45) is 16.8. The van der Waals surface area contributed by atoms with Gasteiger partial charge in [-0.15, -0.1) is 0 Å². The first-order chi connectivity index (χ1) is 24.6. The van der Waals surface area contributed by atoms with Crippen molar-refractivity contribution < 1.29 is 4.39 Å². The lowest BCUT2D eigenvalue weighted by atomic mass is 9.86. The normalized spacial score (nSPS) is 15.2. The quantitative estimate of drug-likeness (QED) is 0.187. The Hall–Kier alpha value is -6.68. The third-order valence-corrected chi connectivity index (χ3v) is 9.84. The highest BCUT2D eigenvalue weighted by molar-refractivity contribution is 6.12. The molecule has 2 heterocycles. The molecular weight excluding hydrogens is 618 g/mol. The van der Waals surface area contributed by atoms with E-state index in [0.29, 0.717) is 27.9 Å². The molecule has 0 aliphatic heterocycles. The molecule has 6 aromatic rings. The van der Waals surface area contributed by atoms with Gasteiger partial charge in [0.25, 0.3) is 0 Å². The molecule has 1 unspecified atom stereocenters. The lowest BCUT2D eigenvalue weighted by molar-refractivity contribution is 0.554. The molecule has 8 rings (SSSR count). The molecule has 2 aliphatic rings. The summed E-state index contributed by atoms with van der Waals surface area (Å²) in [5.74, 6) is -0.254. The van der Waals surface area contributed by atoms with Crippen LogP contribution in [0.15, 0.2) is 109 Å². The highest BCUT2D eigenvalue weighted by Gasteiger charge is 2.26. The van der Waals surface area contributed by atoms with Crippen LogP contribution in [0.2, 0.25) is 0 Å². The Morgan fingerprint density at radius 3 is 2.48 bits per heavy atom. The molecule has 4 aromatic carbocycles. The Morgan fingerprint density at radius 2 is 1.66 bits per heavy atom. The van der Waals surface area contributed by atoms with Gasteiger partial charge >= 0.3 is 0 Å². The van der Waals surface area contributed by atoms with Crippen molar-refractivity contribution >= 4 is 39.5 Å². The van der Waals surface area contributed by atoms with Gasteiger partial charge in [0.2, 0.25) is 5.95 Å². The molecule has 0 N–H and O–H groups in total. The minimum Gasteiger partial charge on any atom is -0.308 e. The van der Waals surface area contributed by atoms with Gasteiger partial charge in [-0.2, -0.15) is 20.2 Å². The fourth-order valence-electron chi connectivity index (χ4n) is 7.64. The van der Waals surface area contributed by atoms with Crippen molar-refractivity contribution in [3.8, 4) is 29.6 Å². The average Bonchev–Trinajstić information content (AvgIpc) is 3.65. The minimum atomic E-state index is -0.243. The van der Waals surface area contributed by atoms with Crippen molar-refractivity contribution in [2.45, 2.75) is 32.1 Å². The van der Waals surface area contributed by atoms with Crippen molar-refractivity contribution in [1.29, 1.82) is 15.8 Å². The standard InChI is InChI=1S/C44H30FN5/c1-2-9-36-35-14-4-6-16-40(35)50(44(36)45)39-15-5-3-13-34(39)31-11-7-10-29(23-31)30-19-21-38(33(24-30)27-48)49-41-20-18-28(25-46)22-37(41)43-32(26-47)12-8-17-42(43)49/h2-3,5-10,12-13,15-24,31H,4,11,14H2,1H3/b9-2-. The first-order valence-corrected chi connectivity index (χ1v) is 16.7. The lowest BCUT2D eigenvalue weighted by Crippen LogP contribution is -2.09. The van der Waals surface area contributed by atoms with E-state index in [0.717, 1.165) is 74.7 Å². The second kappa shape index (κ2) is 12.4. The summed E-state index contributed by atoms with van der Waals surface area (Å²) >= 11 is 0. The van der Waals surface area contributed by atoms with Crippen LogP contribution < -0.4 is 0 Å². The van der Waals surface area contributed by atoms with Crippen LogP contribution in [0.1, 0.15) is 70.3 Å². The lowest BCUT2D eigenvalue weighted by Gasteiger charge is -2.22. The summed E-state index contributed by atoms with van der Waals surface area (Å²) in [6, 6.07) is 31.8. The molecule has 6 heteroatoms. The third-order valence-electron chi connectivity index (χ3n) is 9.84. The van der Waals surface area contributed by atoms with Crippen LogP contribution >= 0.6 is 0 Å². The average molecular weight is 648 g/mol. The van der Waals surface area contributed by atoms with Gasteiger partial charge in [0, 0.05) is 22.3 Å². The number of fused-ring (bicyclic) bond motifs is 4. The van der Waals surface area contributed by atoms with Gasteiger partial charge in [-0.1, -0.05) is 66.8 Å². The molecule has 5 nitrogen and oxygen atoms in total. The summed E-state index contributed by atoms with van der Waals surface area (Å²) in [5.41, 5.74) is 10.1. The van der Waals surface area contributed by atoms with Gasteiger partial charge in [-0.05, 0) is 103 Å². The van der Waals surface area contributed by atoms with Crippen molar-refractivity contribution in [3.05, 3.63) is 160 Å². The molecule has 0 spiro atoms. The van der Waals surface area contributed by atoms with Crippen molar-refractivity contribution in [3.63, 3.8) is 0 Å². The predicted octanol–water partition coefficient (Wildman–Crippen LogP) is 10.4. The second-order valence-electron chi connectivity index (χ2n) is 12.6. The first-order valence-electron chi connectivity index (χ1n) is 16.7. The summed E-state index contributed by atoms with van der Waals surface area (Å²) < 4.78 is 20.0. The van der Waals surface area contributed by atoms with E-state index in [2.05, 4.69) is 48.6 Å². The maximum atomic E-state index is 16.2. The van der Waals surface area contributed by atoms with Gasteiger partial charge in [0.05, 0.1) is 56.9 Å². The Labute approximate surface area is 289 Å². The van der Waals surface area contributed by atoms with Crippen molar-refractivity contribution in [2.75, 3.05) is 0 Å². The summed E-state index contributed by atoms with van der Waals surface area (Å²) in [6.45, 7) is 1.92. The highest BCUT2D eigenvalue weighted by atomic mass is 19.1. The zero-order chi connectivity index (χ0) is 34.4. The van der Waals surface area contributed by atoms with Crippen LogP contribution in [-0.2, 0) is 6.42 Å². The SMILES string of the molecule is C/C=C\c1c2c(n(-c3ccccc3C3C=C(c4ccc(-n5c6ccc(C#N)cc6c6c(C#N)cccc65)c(C#N)c4)C=CC3)c1F)C=CCC2. The molecular formula is C44H30FN5. The highest BCUT2D eigenvalue weighted by Crippen LogP contribution is 2.40. The predicted molar refractivity (Wildman–Crippen MR) is 197 cm³/mol. The van der Waals surface area contributed by atoms with Gasteiger partial charge in [0.1, 0.15) is 6.07 Å².